The Morgan fingerprint density at radius 2 is 2.33 bits per heavy atom. The minimum atomic E-state index is -1.04. The first-order valence-electron chi connectivity index (χ1n) is 4.68. The Morgan fingerprint density at radius 1 is 1.67 bits per heavy atom. The van der Waals surface area contributed by atoms with Crippen LogP contribution in [-0.2, 0) is 0 Å². The van der Waals surface area contributed by atoms with Crippen LogP contribution in [0.5, 0.6) is 0 Å². The van der Waals surface area contributed by atoms with E-state index in [1.807, 2.05) is 0 Å². The highest BCUT2D eigenvalue weighted by molar-refractivity contribution is 6.35. The molecule has 2 N–H and O–H groups in total. The van der Waals surface area contributed by atoms with Crippen LogP contribution in [0.1, 0.15) is 30.1 Å². The van der Waals surface area contributed by atoms with Gasteiger partial charge in [0.2, 0.25) is 0 Å². The highest BCUT2D eigenvalue weighted by Crippen LogP contribution is 2.39. The first-order chi connectivity index (χ1) is 7.02. The molecule has 1 heterocycles. The summed E-state index contributed by atoms with van der Waals surface area (Å²) in [7, 11) is 0. The van der Waals surface area contributed by atoms with Gasteiger partial charge in [-0.3, -0.25) is 0 Å². The lowest BCUT2D eigenvalue weighted by Gasteiger charge is -2.13. The van der Waals surface area contributed by atoms with Gasteiger partial charge < -0.3 is 10.4 Å². The van der Waals surface area contributed by atoms with E-state index in [0.29, 0.717) is 5.82 Å². The molecule has 0 radical (unpaired) electrons. The van der Waals surface area contributed by atoms with Gasteiger partial charge in [-0.1, -0.05) is 11.6 Å². The molecule has 0 spiro atoms. The van der Waals surface area contributed by atoms with Gasteiger partial charge in [0.15, 0.2) is 0 Å². The van der Waals surface area contributed by atoms with Crippen molar-refractivity contribution in [3.8, 4) is 0 Å². The Morgan fingerprint density at radius 3 is 2.87 bits per heavy atom. The Bertz CT molecular complexity index is 416. The van der Waals surface area contributed by atoms with Crippen LogP contribution in [-0.4, -0.2) is 21.6 Å². The number of hydrogen-bond donors (Lipinski definition) is 2. The highest BCUT2D eigenvalue weighted by Gasteiger charge is 2.38. The van der Waals surface area contributed by atoms with Crippen molar-refractivity contribution in [1.29, 1.82) is 0 Å². The van der Waals surface area contributed by atoms with Crippen molar-refractivity contribution in [2.75, 3.05) is 5.32 Å². The zero-order chi connectivity index (χ0) is 11.1. The Kier molecular flexibility index (Phi) is 2.31. The van der Waals surface area contributed by atoms with Crippen LogP contribution in [0.15, 0.2) is 12.3 Å². The fraction of sp³-hybridized carbons (Fsp3) is 0.400. The molecule has 1 aromatic rings. The maximum atomic E-state index is 10.8. The molecule has 80 valence electrons. The minimum absolute atomic E-state index is 0.0355. The number of hydrogen-bond acceptors (Lipinski definition) is 3. The van der Waals surface area contributed by atoms with Gasteiger partial charge in [-0.2, -0.15) is 0 Å². The molecule has 0 amide bonds. The second-order valence-corrected chi connectivity index (χ2v) is 4.39. The van der Waals surface area contributed by atoms with E-state index in [0.717, 1.165) is 12.8 Å². The van der Waals surface area contributed by atoms with Gasteiger partial charge in [0, 0.05) is 11.7 Å². The number of aromatic nitrogens is 1. The summed E-state index contributed by atoms with van der Waals surface area (Å²) >= 11 is 5.93. The molecule has 0 unspecified atom stereocenters. The number of aromatic carboxylic acids is 1. The zero-order valence-electron chi connectivity index (χ0n) is 8.25. The molecule has 2 rings (SSSR count). The summed E-state index contributed by atoms with van der Waals surface area (Å²) in [6.07, 6.45) is 3.56. The predicted molar refractivity (Wildman–Crippen MR) is 57.5 cm³/mol. The molecule has 4 nitrogen and oxygen atoms in total. The van der Waals surface area contributed by atoms with Crippen molar-refractivity contribution in [3.05, 3.63) is 22.8 Å². The van der Waals surface area contributed by atoms with Crippen molar-refractivity contribution >= 4 is 23.4 Å². The summed E-state index contributed by atoms with van der Waals surface area (Å²) in [5, 5.41) is 12.2. The normalized spacial score (nSPS) is 17.2. The molecule has 1 saturated carbocycles. The lowest BCUT2D eigenvalue weighted by molar-refractivity contribution is 0.0697. The van der Waals surface area contributed by atoms with Gasteiger partial charge in [0.1, 0.15) is 5.82 Å². The molecule has 0 atom stereocenters. The largest absolute Gasteiger partial charge is 0.478 e. The van der Waals surface area contributed by atoms with Crippen molar-refractivity contribution in [3.63, 3.8) is 0 Å². The van der Waals surface area contributed by atoms with Crippen LogP contribution in [0.4, 0.5) is 5.82 Å². The summed E-state index contributed by atoms with van der Waals surface area (Å²) in [6, 6.07) is 1.39. The lowest BCUT2D eigenvalue weighted by atomic mass is 10.2. The average molecular weight is 227 g/mol. The number of halogens is 1. The van der Waals surface area contributed by atoms with E-state index in [-0.39, 0.29) is 16.1 Å². The molecule has 1 aromatic heterocycles. The lowest BCUT2D eigenvalue weighted by Crippen LogP contribution is -2.17. The Hall–Kier alpha value is -1.29. The van der Waals surface area contributed by atoms with E-state index >= 15 is 0 Å². The molecule has 1 fully saturated rings. The quantitative estimate of drug-likeness (QED) is 0.831. The summed E-state index contributed by atoms with van der Waals surface area (Å²) in [4.78, 5) is 14.9. The number of carbonyl (C=O) groups is 1. The monoisotopic (exact) mass is 226 g/mol. The number of nitrogens with zero attached hydrogens (tertiary/aromatic N) is 1. The fourth-order valence-electron chi connectivity index (χ4n) is 1.29. The van der Waals surface area contributed by atoms with Gasteiger partial charge >= 0.3 is 5.97 Å². The van der Waals surface area contributed by atoms with Gasteiger partial charge in [-0.05, 0) is 25.8 Å². The maximum absolute atomic E-state index is 10.8. The van der Waals surface area contributed by atoms with Gasteiger partial charge in [-0.25, -0.2) is 9.78 Å². The predicted octanol–water partition coefficient (Wildman–Crippen LogP) is 2.40. The van der Waals surface area contributed by atoms with Crippen molar-refractivity contribution in [2.24, 2.45) is 0 Å². The first kappa shape index (κ1) is 10.2. The average Bonchev–Trinajstić information content (AvgIpc) is 2.87. The summed E-state index contributed by atoms with van der Waals surface area (Å²) in [6.45, 7) is 2.05. The second kappa shape index (κ2) is 3.38. The Balaban J connectivity index is 2.31. The van der Waals surface area contributed by atoms with E-state index in [1.54, 1.807) is 0 Å². The zero-order valence-corrected chi connectivity index (χ0v) is 9.01. The first-order valence-corrected chi connectivity index (χ1v) is 5.06. The number of pyridine rings is 1. The number of nitrogens with one attached hydrogen (secondary N) is 1. The maximum Gasteiger partial charge on any atom is 0.337 e. The van der Waals surface area contributed by atoms with Crippen LogP contribution in [0.25, 0.3) is 0 Å². The van der Waals surface area contributed by atoms with Crippen LogP contribution >= 0.6 is 11.6 Å². The molecular formula is C10H11ClN2O2. The molecule has 0 saturated heterocycles. The number of carboxylic acids is 1. The van der Waals surface area contributed by atoms with Gasteiger partial charge in [0.05, 0.1) is 10.6 Å². The van der Waals surface area contributed by atoms with E-state index in [2.05, 4.69) is 17.2 Å². The number of rotatable bonds is 3. The molecule has 15 heavy (non-hydrogen) atoms. The van der Waals surface area contributed by atoms with Crippen LogP contribution < -0.4 is 5.32 Å². The summed E-state index contributed by atoms with van der Waals surface area (Å²) < 4.78 is 0. The van der Waals surface area contributed by atoms with E-state index in [1.165, 1.54) is 12.3 Å². The van der Waals surface area contributed by atoms with Gasteiger partial charge in [-0.15, -0.1) is 0 Å². The topological polar surface area (TPSA) is 62.2 Å². The third-order valence-corrected chi connectivity index (χ3v) is 2.92. The SMILES string of the molecule is CC1(Nc2nccc(C(=O)O)c2Cl)CC1. The number of carboxylic acid groups (broad SMARTS) is 1. The van der Waals surface area contributed by atoms with Crippen LogP contribution in [0, 0.1) is 0 Å². The molecule has 0 aromatic carbocycles. The second-order valence-electron chi connectivity index (χ2n) is 4.01. The molecule has 0 aliphatic heterocycles. The van der Waals surface area contributed by atoms with E-state index in [9.17, 15) is 4.79 Å². The fourth-order valence-corrected chi connectivity index (χ4v) is 1.53. The Labute approximate surface area is 92.3 Å². The third kappa shape index (κ3) is 2.04. The smallest absolute Gasteiger partial charge is 0.337 e. The highest BCUT2D eigenvalue weighted by atomic mass is 35.5. The molecule has 5 heteroatoms. The molecule has 1 aliphatic rings. The third-order valence-electron chi connectivity index (χ3n) is 2.54. The van der Waals surface area contributed by atoms with Crippen LogP contribution in [0.2, 0.25) is 5.02 Å². The standard InChI is InChI=1S/C10H11ClN2O2/c1-10(3-4-10)13-8-7(11)6(9(14)15)2-5-12-8/h2,5H,3-4H2,1H3,(H,12,13)(H,14,15). The molecular weight excluding hydrogens is 216 g/mol. The van der Waals surface area contributed by atoms with Crippen molar-refractivity contribution < 1.29 is 9.90 Å². The molecule has 0 bridgehead atoms. The van der Waals surface area contributed by atoms with Crippen molar-refractivity contribution in [2.45, 2.75) is 25.3 Å². The van der Waals surface area contributed by atoms with Crippen molar-refractivity contribution in [1.82, 2.24) is 4.98 Å². The summed E-state index contributed by atoms with van der Waals surface area (Å²) in [5.41, 5.74) is 0.117. The summed E-state index contributed by atoms with van der Waals surface area (Å²) in [5.74, 6) is -0.581. The van der Waals surface area contributed by atoms with E-state index < -0.39 is 5.97 Å². The van der Waals surface area contributed by atoms with Crippen LogP contribution in [0.3, 0.4) is 0 Å². The minimum Gasteiger partial charge on any atom is -0.478 e. The van der Waals surface area contributed by atoms with E-state index in [4.69, 9.17) is 16.7 Å². The van der Waals surface area contributed by atoms with Gasteiger partial charge in [0.25, 0.3) is 0 Å². The molecule has 1 aliphatic carbocycles. The number of anilines is 1.